The maximum atomic E-state index is 12.2. The topological polar surface area (TPSA) is 163 Å². The molecule has 4 aromatic carbocycles. The van der Waals surface area contributed by atoms with Gasteiger partial charge in [-0.25, -0.2) is 0 Å². The zero-order valence-corrected chi connectivity index (χ0v) is 40.5. The molecule has 0 spiro atoms. The molecule has 8 rings (SSSR count). The third-order valence-corrected chi connectivity index (χ3v) is 9.82. The molecule has 1 atom stereocenters. The molecule has 0 amide bonds. The molecule has 1 fully saturated rings. The molecule has 63 heavy (non-hydrogen) atoms. The van der Waals surface area contributed by atoms with Crippen molar-refractivity contribution in [2.45, 2.75) is 66.7 Å². The first-order valence-electron chi connectivity index (χ1n) is 21.1. The standard InChI is InChI=1S/C16H14O3.C15H14O.2C7H13N3.CO2.2CH4.BH2.U.V/c1-11(16(18)19)13-8-5-9-14(10-13)15(17)12-6-3-2-4-7-12;1-2-12-7-6-10-14(11-12)15(16)13-8-4-3-5-9-13;2*1-3-8-7-9-4-2-6-10(7)5-1;2-1-3;;;;;/h2-11H,1H3,(H,18,19);3-11H,2H2,1H3;2*1-6H2,(H,8,9);;2*1H4;1H2;;/i;;;;;;;1TD;;. The van der Waals surface area contributed by atoms with Crippen LogP contribution in [0.4, 0.5) is 0 Å². The van der Waals surface area contributed by atoms with Gasteiger partial charge in [-0.1, -0.05) is 126 Å². The van der Waals surface area contributed by atoms with E-state index < -0.39 is 11.9 Å². The van der Waals surface area contributed by atoms with E-state index in [1.54, 1.807) is 55.5 Å². The molecule has 2 radical (unpaired) electrons. The van der Waals surface area contributed by atoms with Gasteiger partial charge in [0.15, 0.2) is 17.5 Å². The van der Waals surface area contributed by atoms with Gasteiger partial charge in [-0.3, -0.25) is 29.8 Å². The summed E-state index contributed by atoms with van der Waals surface area (Å²) < 4.78 is 13.9. The molecule has 1 saturated heterocycles. The number of nitrogens with zero attached hydrogens (tertiary/aromatic N) is 3. The molecule has 3 N–H and O–H groups in total. The number of hydrogen-bond acceptors (Lipinski definition) is 11. The summed E-state index contributed by atoms with van der Waals surface area (Å²) in [5.41, 5.74) is 4.35. The van der Waals surface area contributed by atoms with Crippen LogP contribution in [0.3, 0.4) is 0 Å². The van der Waals surface area contributed by atoms with Gasteiger partial charge >= 0.3 is 12.1 Å². The monoisotopic (exact) mass is 1120 g/mol. The fraction of sp³-hybridized carbons (Fsp3) is 0.375. The number of guanidine groups is 2. The fourth-order valence-electron chi connectivity index (χ4n) is 6.61. The van der Waals surface area contributed by atoms with E-state index in [2.05, 4.69) is 37.3 Å². The largest absolute Gasteiger partial charge is 0.550 e. The zero-order chi connectivity index (χ0) is 44.2. The Morgan fingerprint density at radius 3 is 1.76 bits per heavy atom. The molecular formula is C48H64BN6O6UV. The molecular weight excluding hydrogens is 1060 g/mol. The number of fused-ring (bicyclic) bond motifs is 1. The maximum Gasteiger partial charge on any atom is 0.373 e. The Hall–Kier alpha value is -4.69. The minimum atomic E-state index is -1.15. The third-order valence-electron chi connectivity index (χ3n) is 9.82. The molecule has 334 valence electrons. The van der Waals surface area contributed by atoms with Crippen LogP contribution in [0.2, 0.25) is 0 Å². The van der Waals surface area contributed by atoms with Gasteiger partial charge < -0.3 is 20.1 Å². The number of rotatable bonds is 7. The Bertz CT molecular complexity index is 2050. The van der Waals surface area contributed by atoms with E-state index in [-0.39, 0.29) is 82.2 Å². The molecule has 15 heteroatoms. The number of benzene rings is 4. The van der Waals surface area contributed by atoms with E-state index in [9.17, 15) is 19.5 Å². The number of nitrogens with one attached hydrogen (secondary N) is 3. The minimum Gasteiger partial charge on any atom is -0.550 e. The number of aryl methyl sites for hydroxylation is 1. The van der Waals surface area contributed by atoms with Crippen LogP contribution < -0.4 is 21.1 Å². The van der Waals surface area contributed by atoms with E-state index in [0.717, 1.165) is 49.7 Å². The van der Waals surface area contributed by atoms with E-state index >= 15 is 0 Å². The maximum absolute atomic E-state index is 12.2. The first-order valence-corrected chi connectivity index (χ1v) is 20.0. The van der Waals surface area contributed by atoms with E-state index in [4.69, 9.17) is 12.3 Å². The van der Waals surface area contributed by atoms with Gasteiger partial charge in [0.25, 0.3) is 0 Å². The van der Waals surface area contributed by atoms with Crippen LogP contribution >= 0.6 is 0 Å². The molecule has 4 heterocycles. The van der Waals surface area contributed by atoms with Gasteiger partial charge in [-0.2, -0.15) is 9.59 Å². The Kier molecular flexibility index (Phi) is 30.2. The van der Waals surface area contributed by atoms with Crippen LogP contribution in [-0.4, -0.2) is 108 Å². The van der Waals surface area contributed by atoms with Crippen LogP contribution in [0, 0.1) is 31.1 Å². The summed E-state index contributed by atoms with van der Waals surface area (Å²) in [5, 5.41) is 20.9. The van der Waals surface area contributed by atoms with Crippen molar-refractivity contribution in [2.24, 2.45) is 4.99 Å². The van der Waals surface area contributed by atoms with Crippen molar-refractivity contribution in [1.29, 1.82) is 2.67 Å². The van der Waals surface area contributed by atoms with Crippen molar-refractivity contribution < 1.29 is 83.3 Å². The van der Waals surface area contributed by atoms with Crippen molar-refractivity contribution in [3.63, 3.8) is 0 Å². The van der Waals surface area contributed by atoms with Gasteiger partial charge in [-0.15, -0.1) is 0 Å². The summed E-state index contributed by atoms with van der Waals surface area (Å²) in [7, 11) is 0.500. The molecule has 0 bridgehead atoms. The minimum absolute atomic E-state index is 0. The van der Waals surface area contributed by atoms with Crippen molar-refractivity contribution >= 4 is 43.9 Å². The first kappa shape index (κ1) is 56.3. The Morgan fingerprint density at radius 1 is 0.794 bits per heavy atom. The van der Waals surface area contributed by atoms with Crippen LogP contribution in [-0.2, 0) is 39.4 Å². The second-order valence-electron chi connectivity index (χ2n) is 13.9. The van der Waals surface area contributed by atoms with Crippen LogP contribution in [0.15, 0.2) is 114 Å². The first-order chi connectivity index (χ1) is 29.7. The number of carboxylic acids is 1. The van der Waals surface area contributed by atoms with Gasteiger partial charge in [-0.05, 0) is 45.2 Å². The molecule has 0 saturated carbocycles. The average molecular weight is 1120 g/mol. The third kappa shape index (κ3) is 20.1. The molecule has 4 aliphatic heterocycles. The molecule has 1 unspecified atom stereocenters. The summed E-state index contributed by atoms with van der Waals surface area (Å²) >= 11 is 0. The van der Waals surface area contributed by atoms with Gasteiger partial charge in [0.1, 0.15) is 0 Å². The van der Waals surface area contributed by atoms with Crippen LogP contribution in [0.25, 0.3) is 0 Å². The summed E-state index contributed by atoms with van der Waals surface area (Å²) in [5.74, 6) is 0.492. The SMILES string of the molecule is C.C.C1CN=C2NCCCN2C1.C1CNC2=[N+](C1)CCCN2.CC(C(=O)[O-])c1cccc(C(=O)c2ccccc2)c1.CCc1cccc(C(=O)c2ccccc2)c1.O=C=O.[2H][B][3H].[U].[V]. The summed E-state index contributed by atoms with van der Waals surface area (Å²) in [6, 6.07) is 32.8. The second-order valence-corrected chi connectivity index (χ2v) is 13.9. The number of carbonyl (C=O) groups is 3. The van der Waals surface area contributed by atoms with Crippen molar-refractivity contribution in [1.82, 2.24) is 20.9 Å². The Balaban J connectivity index is 0. The van der Waals surface area contributed by atoms with Crippen molar-refractivity contribution in [2.75, 3.05) is 52.4 Å². The van der Waals surface area contributed by atoms with E-state index in [0.29, 0.717) is 25.0 Å². The smallest absolute Gasteiger partial charge is 0.373 e. The quantitative estimate of drug-likeness (QED) is 0.138. The number of aliphatic carboxylic acids is 1. The summed E-state index contributed by atoms with van der Waals surface area (Å²) in [4.78, 5) is 58.2. The summed E-state index contributed by atoms with van der Waals surface area (Å²) in [6.07, 6.45) is 6.26. The van der Waals surface area contributed by atoms with E-state index in [1.807, 2.05) is 60.7 Å². The molecule has 4 aromatic rings. The van der Waals surface area contributed by atoms with Crippen molar-refractivity contribution in [3.8, 4) is 0 Å². The predicted molar refractivity (Wildman–Crippen MR) is 244 cm³/mol. The number of hydrogen-bond donors (Lipinski definition) is 3. The molecule has 0 aliphatic carbocycles. The van der Waals surface area contributed by atoms with E-state index in [1.165, 1.54) is 63.4 Å². The number of aliphatic imine (C=N–C) groups is 1. The normalized spacial score (nSPS) is 14.4. The predicted octanol–water partition coefficient (Wildman–Crippen LogP) is 4.40. The average Bonchev–Trinajstić information content (AvgIpc) is 3.32. The van der Waals surface area contributed by atoms with Crippen LogP contribution in [0.5, 0.6) is 0 Å². The Morgan fingerprint density at radius 2 is 1.27 bits per heavy atom. The number of carboxylic acid groups (broad SMARTS) is 1. The Labute approximate surface area is 414 Å². The molecule has 4 aliphatic rings. The zero-order valence-electron chi connectivity index (χ0n) is 37.0. The van der Waals surface area contributed by atoms with Gasteiger partial charge in [0.05, 0.1) is 34.5 Å². The second kappa shape index (κ2) is 33.8. The van der Waals surface area contributed by atoms with Crippen LogP contribution in [0.1, 0.15) is 103 Å². The van der Waals surface area contributed by atoms with Gasteiger partial charge in [0.2, 0.25) is 0 Å². The number of carbonyl (C=O) groups excluding carboxylic acids is 5. The molecule has 12 nitrogen and oxygen atoms in total. The fourth-order valence-corrected chi connectivity index (χ4v) is 6.61. The van der Waals surface area contributed by atoms with Crippen molar-refractivity contribution in [3.05, 3.63) is 143 Å². The number of ketones is 2. The van der Waals surface area contributed by atoms with Gasteiger partial charge in [0, 0.05) is 123 Å². The summed E-state index contributed by atoms with van der Waals surface area (Å²) in [6.45, 7) is 12.9. The molecule has 0 aromatic heterocycles.